The van der Waals surface area contributed by atoms with Crippen LogP contribution in [0, 0.1) is 5.82 Å². The molecule has 0 unspecified atom stereocenters. The summed E-state index contributed by atoms with van der Waals surface area (Å²) in [5, 5.41) is 2.62. The molecule has 0 spiro atoms. The Balaban J connectivity index is 1.96. The molecule has 0 saturated heterocycles. The van der Waals surface area contributed by atoms with Crippen molar-refractivity contribution in [3.63, 3.8) is 0 Å². The number of anilines is 1. The van der Waals surface area contributed by atoms with E-state index in [1.807, 2.05) is 6.07 Å². The molecule has 108 valence electrons. The van der Waals surface area contributed by atoms with Crippen LogP contribution in [0.4, 0.5) is 10.1 Å². The van der Waals surface area contributed by atoms with Gasteiger partial charge in [-0.2, -0.15) is 0 Å². The van der Waals surface area contributed by atoms with Gasteiger partial charge in [-0.15, -0.1) is 0 Å². The molecule has 1 amide bonds. The van der Waals surface area contributed by atoms with E-state index in [2.05, 4.69) is 5.32 Å². The van der Waals surface area contributed by atoms with Crippen molar-refractivity contribution in [3.8, 4) is 0 Å². The van der Waals surface area contributed by atoms with Crippen LogP contribution in [0.1, 0.15) is 17.3 Å². The summed E-state index contributed by atoms with van der Waals surface area (Å²) in [6, 6.07) is 13.9. The highest BCUT2D eigenvalue weighted by Crippen LogP contribution is 2.09. The molecule has 0 saturated carbocycles. The highest BCUT2D eigenvalue weighted by atomic mass is 19.1. The highest BCUT2D eigenvalue weighted by molar-refractivity contribution is 5.97. The molecule has 0 aliphatic rings. The summed E-state index contributed by atoms with van der Waals surface area (Å²) >= 11 is 0. The van der Waals surface area contributed by atoms with Crippen molar-refractivity contribution in [3.05, 3.63) is 66.0 Å². The maximum Gasteiger partial charge on any atom is 0.339 e. The van der Waals surface area contributed by atoms with Gasteiger partial charge < -0.3 is 10.1 Å². The van der Waals surface area contributed by atoms with E-state index in [1.54, 1.807) is 24.3 Å². The third kappa shape index (κ3) is 4.14. The molecule has 2 rings (SSSR count). The van der Waals surface area contributed by atoms with Gasteiger partial charge in [-0.25, -0.2) is 9.18 Å². The Morgan fingerprint density at radius 2 is 1.81 bits per heavy atom. The predicted octanol–water partition coefficient (Wildman–Crippen LogP) is 3.01. The fourth-order valence-corrected chi connectivity index (χ4v) is 1.66. The van der Waals surface area contributed by atoms with Gasteiger partial charge in [0, 0.05) is 5.69 Å². The van der Waals surface area contributed by atoms with Gasteiger partial charge in [0.2, 0.25) is 0 Å². The first-order valence-corrected chi connectivity index (χ1v) is 6.39. The second kappa shape index (κ2) is 6.65. The largest absolute Gasteiger partial charge is 0.449 e. The van der Waals surface area contributed by atoms with Gasteiger partial charge in [0.25, 0.3) is 5.91 Å². The molecule has 1 N–H and O–H groups in total. The van der Waals surface area contributed by atoms with Crippen LogP contribution in [0.25, 0.3) is 0 Å². The molecule has 0 fully saturated rings. The number of para-hydroxylation sites is 1. The van der Waals surface area contributed by atoms with Gasteiger partial charge in [0.15, 0.2) is 6.10 Å². The topological polar surface area (TPSA) is 55.4 Å². The lowest BCUT2D eigenvalue weighted by molar-refractivity contribution is -0.123. The van der Waals surface area contributed by atoms with Crippen LogP contribution < -0.4 is 5.32 Å². The molecule has 0 aliphatic heterocycles. The summed E-state index contributed by atoms with van der Waals surface area (Å²) in [6.45, 7) is 1.45. The monoisotopic (exact) mass is 287 g/mol. The van der Waals surface area contributed by atoms with Crippen molar-refractivity contribution in [2.24, 2.45) is 0 Å². The van der Waals surface area contributed by atoms with Crippen molar-refractivity contribution in [2.45, 2.75) is 13.0 Å². The predicted molar refractivity (Wildman–Crippen MR) is 76.3 cm³/mol. The molecule has 5 heteroatoms. The maximum absolute atomic E-state index is 13.0. The maximum atomic E-state index is 13.0. The highest BCUT2D eigenvalue weighted by Gasteiger charge is 2.19. The summed E-state index contributed by atoms with van der Waals surface area (Å²) in [7, 11) is 0. The van der Waals surface area contributed by atoms with Crippen molar-refractivity contribution in [1.29, 1.82) is 0 Å². The number of nitrogens with one attached hydrogen (secondary N) is 1. The van der Waals surface area contributed by atoms with Crippen molar-refractivity contribution in [1.82, 2.24) is 0 Å². The zero-order chi connectivity index (χ0) is 15.2. The van der Waals surface area contributed by atoms with Crippen molar-refractivity contribution < 1.29 is 18.7 Å². The van der Waals surface area contributed by atoms with E-state index in [0.29, 0.717) is 5.69 Å². The summed E-state index contributed by atoms with van der Waals surface area (Å²) < 4.78 is 18.0. The number of carbonyl (C=O) groups excluding carboxylic acids is 2. The number of hydrogen-bond acceptors (Lipinski definition) is 3. The first kappa shape index (κ1) is 14.7. The smallest absolute Gasteiger partial charge is 0.339 e. The van der Waals surface area contributed by atoms with E-state index in [1.165, 1.54) is 25.1 Å². The third-order valence-electron chi connectivity index (χ3n) is 2.75. The van der Waals surface area contributed by atoms with Crippen LogP contribution >= 0.6 is 0 Å². The molecular formula is C16H14FNO3. The van der Waals surface area contributed by atoms with Crippen LogP contribution in [-0.4, -0.2) is 18.0 Å². The van der Waals surface area contributed by atoms with Crippen LogP contribution in [0.3, 0.4) is 0 Å². The summed E-state index contributed by atoms with van der Waals surface area (Å²) in [5.74, 6) is -1.73. The molecule has 2 aromatic rings. The Morgan fingerprint density at radius 3 is 2.48 bits per heavy atom. The molecule has 4 nitrogen and oxygen atoms in total. The number of benzene rings is 2. The quantitative estimate of drug-likeness (QED) is 0.879. The van der Waals surface area contributed by atoms with Crippen LogP contribution in [-0.2, 0) is 9.53 Å². The minimum absolute atomic E-state index is 0.0642. The SMILES string of the molecule is C[C@@H](OC(=O)c1cccc(F)c1)C(=O)Nc1ccccc1. The number of amides is 1. The van der Waals surface area contributed by atoms with Gasteiger partial charge in [0.1, 0.15) is 5.82 Å². The lowest BCUT2D eigenvalue weighted by Gasteiger charge is -2.13. The third-order valence-corrected chi connectivity index (χ3v) is 2.75. The van der Waals surface area contributed by atoms with E-state index in [0.717, 1.165) is 6.07 Å². The van der Waals surface area contributed by atoms with Crippen LogP contribution in [0.15, 0.2) is 54.6 Å². The minimum Gasteiger partial charge on any atom is -0.449 e. The number of carbonyl (C=O) groups is 2. The number of halogens is 1. The fraction of sp³-hybridized carbons (Fsp3) is 0.125. The lowest BCUT2D eigenvalue weighted by atomic mass is 10.2. The molecule has 1 atom stereocenters. The molecule has 0 radical (unpaired) electrons. The van der Waals surface area contributed by atoms with Gasteiger partial charge in [-0.1, -0.05) is 24.3 Å². The lowest BCUT2D eigenvalue weighted by Crippen LogP contribution is -2.30. The number of esters is 1. The molecule has 0 aromatic heterocycles. The second-order valence-corrected chi connectivity index (χ2v) is 4.41. The van der Waals surface area contributed by atoms with Gasteiger partial charge in [-0.3, -0.25) is 4.79 Å². The number of rotatable bonds is 4. The molecule has 2 aromatic carbocycles. The summed E-state index contributed by atoms with van der Waals surface area (Å²) in [5.41, 5.74) is 0.672. The minimum atomic E-state index is -0.985. The first-order chi connectivity index (χ1) is 10.1. The van der Waals surface area contributed by atoms with E-state index in [-0.39, 0.29) is 5.56 Å². The Kier molecular flexibility index (Phi) is 4.66. The number of hydrogen-bond donors (Lipinski definition) is 1. The Hall–Kier alpha value is -2.69. The summed E-state index contributed by atoms with van der Waals surface area (Å²) in [6.07, 6.45) is -0.985. The normalized spacial score (nSPS) is 11.5. The first-order valence-electron chi connectivity index (χ1n) is 6.39. The van der Waals surface area contributed by atoms with Crippen LogP contribution in [0.2, 0.25) is 0 Å². The Bertz CT molecular complexity index is 643. The fourth-order valence-electron chi connectivity index (χ4n) is 1.66. The van der Waals surface area contributed by atoms with E-state index >= 15 is 0 Å². The van der Waals surface area contributed by atoms with E-state index < -0.39 is 23.8 Å². The van der Waals surface area contributed by atoms with Gasteiger partial charge in [0.05, 0.1) is 5.56 Å². The van der Waals surface area contributed by atoms with E-state index in [4.69, 9.17) is 4.74 Å². The molecular weight excluding hydrogens is 273 g/mol. The average Bonchev–Trinajstić information content (AvgIpc) is 2.48. The van der Waals surface area contributed by atoms with Crippen molar-refractivity contribution >= 4 is 17.6 Å². The van der Waals surface area contributed by atoms with Crippen molar-refractivity contribution in [2.75, 3.05) is 5.32 Å². The summed E-state index contributed by atoms with van der Waals surface area (Å²) in [4.78, 5) is 23.7. The van der Waals surface area contributed by atoms with Crippen LogP contribution in [0.5, 0.6) is 0 Å². The molecule has 0 heterocycles. The van der Waals surface area contributed by atoms with Gasteiger partial charge >= 0.3 is 5.97 Å². The molecule has 21 heavy (non-hydrogen) atoms. The zero-order valence-corrected chi connectivity index (χ0v) is 11.4. The van der Waals surface area contributed by atoms with Gasteiger partial charge in [-0.05, 0) is 37.3 Å². The molecule has 0 bridgehead atoms. The number of ether oxygens (including phenoxy) is 1. The Labute approximate surface area is 121 Å². The standard InChI is InChI=1S/C16H14FNO3/c1-11(15(19)18-14-8-3-2-4-9-14)21-16(20)12-6-5-7-13(17)10-12/h2-11H,1H3,(H,18,19)/t11-/m1/s1. The molecule has 0 aliphatic carbocycles. The average molecular weight is 287 g/mol. The second-order valence-electron chi connectivity index (χ2n) is 4.41. The van der Waals surface area contributed by atoms with E-state index in [9.17, 15) is 14.0 Å². The Morgan fingerprint density at radius 1 is 1.10 bits per heavy atom. The zero-order valence-electron chi connectivity index (χ0n) is 11.4.